The number of likely N-dealkylation sites (tertiary alicyclic amines) is 1. The van der Waals surface area contributed by atoms with E-state index in [0.717, 1.165) is 0 Å². The number of pyridine rings is 1. The number of nitrogens with one attached hydrogen (secondary N) is 1. The molecule has 2 aromatic rings. The van der Waals surface area contributed by atoms with Crippen LogP contribution < -0.4 is 10.2 Å². The quantitative estimate of drug-likeness (QED) is 0.680. The Kier molecular flexibility index (Phi) is 6.64. The Balaban J connectivity index is 1.56. The molecule has 1 N–H and O–H groups in total. The molecule has 7 nitrogen and oxygen atoms in total. The molecule has 2 aliphatic heterocycles. The summed E-state index contributed by atoms with van der Waals surface area (Å²) in [4.78, 5) is 20.4. The van der Waals surface area contributed by atoms with E-state index >= 15 is 4.39 Å². The van der Waals surface area contributed by atoms with E-state index in [1.165, 1.54) is 17.2 Å². The number of carbonyl (C=O) groups excluding carboxylic acids is 1. The Morgan fingerprint density at radius 1 is 1.29 bits per heavy atom. The van der Waals surface area contributed by atoms with Crippen LogP contribution in [0.3, 0.4) is 0 Å². The molecule has 11 heteroatoms. The van der Waals surface area contributed by atoms with Gasteiger partial charge >= 0.3 is 6.18 Å². The van der Waals surface area contributed by atoms with Gasteiger partial charge in [0.15, 0.2) is 12.2 Å². The molecule has 0 bridgehead atoms. The van der Waals surface area contributed by atoms with Gasteiger partial charge in [0.1, 0.15) is 11.7 Å². The smallest absolute Gasteiger partial charge is 0.365 e. The van der Waals surface area contributed by atoms with E-state index in [4.69, 9.17) is 4.74 Å². The van der Waals surface area contributed by atoms with E-state index in [1.54, 1.807) is 18.2 Å². The lowest BCUT2D eigenvalue weighted by molar-refractivity contribution is -0.234. The van der Waals surface area contributed by atoms with Crippen LogP contribution in [0, 0.1) is 11.3 Å². The molecule has 1 amide bonds. The number of amides is 1. The maximum Gasteiger partial charge on any atom is 0.416 e. The summed E-state index contributed by atoms with van der Waals surface area (Å²) in [5, 5.41) is 12.3. The summed E-state index contributed by atoms with van der Waals surface area (Å²) >= 11 is 0. The predicted octanol–water partition coefficient (Wildman–Crippen LogP) is 2.79. The molecule has 182 valence electrons. The fourth-order valence-electron chi connectivity index (χ4n) is 4.36. The van der Waals surface area contributed by atoms with Crippen LogP contribution in [0.1, 0.15) is 18.4 Å². The van der Waals surface area contributed by atoms with Gasteiger partial charge in [-0.1, -0.05) is 0 Å². The Morgan fingerprint density at radius 2 is 2.03 bits per heavy atom. The second-order valence-electron chi connectivity index (χ2n) is 8.88. The molecule has 34 heavy (non-hydrogen) atoms. The standard InChI is InChI=1S/C23H25F4N5O2/c1-31-9-6-22(24,7-10-31)14-30-21(33)18-12-32(13-19(34-18)23(25,26)27)17-5-4-15(11-28)20-16(17)3-2-8-29-20/h2-5,8,18-19H,6-7,9-10,12-14H2,1H3,(H,30,33). The molecular formula is C23H25F4N5O2. The van der Waals surface area contributed by atoms with Gasteiger partial charge < -0.3 is 19.9 Å². The number of rotatable bonds is 4. The van der Waals surface area contributed by atoms with Crippen LogP contribution in [0.4, 0.5) is 23.2 Å². The predicted molar refractivity (Wildman–Crippen MR) is 117 cm³/mol. The number of benzene rings is 1. The third-order valence-electron chi connectivity index (χ3n) is 6.43. The van der Waals surface area contributed by atoms with Crippen molar-refractivity contribution < 1.29 is 27.1 Å². The summed E-state index contributed by atoms with van der Waals surface area (Å²) in [5.41, 5.74) is -0.537. The molecule has 0 saturated carbocycles. The minimum absolute atomic E-state index is 0.156. The van der Waals surface area contributed by atoms with Crippen LogP contribution in [0.2, 0.25) is 0 Å². The van der Waals surface area contributed by atoms with Crippen molar-refractivity contribution in [2.24, 2.45) is 0 Å². The highest BCUT2D eigenvalue weighted by molar-refractivity contribution is 5.95. The van der Waals surface area contributed by atoms with E-state index in [0.29, 0.717) is 35.2 Å². The zero-order valence-electron chi connectivity index (χ0n) is 18.6. The Bertz CT molecular complexity index is 1090. The third kappa shape index (κ3) is 5.08. The molecule has 0 spiro atoms. The number of fused-ring (bicyclic) bond motifs is 1. The Labute approximate surface area is 194 Å². The van der Waals surface area contributed by atoms with Gasteiger partial charge in [0.2, 0.25) is 0 Å². The second-order valence-corrected chi connectivity index (χ2v) is 8.88. The fraction of sp³-hybridized carbons (Fsp3) is 0.522. The van der Waals surface area contributed by atoms with Gasteiger partial charge in [-0.25, -0.2) is 4.39 Å². The van der Waals surface area contributed by atoms with Crippen LogP contribution >= 0.6 is 0 Å². The zero-order valence-corrected chi connectivity index (χ0v) is 18.6. The minimum Gasteiger partial charge on any atom is -0.365 e. The maximum absolute atomic E-state index is 15.0. The monoisotopic (exact) mass is 479 g/mol. The number of aromatic nitrogens is 1. The third-order valence-corrected chi connectivity index (χ3v) is 6.43. The molecule has 4 rings (SSSR count). The van der Waals surface area contributed by atoms with Crippen molar-refractivity contribution in [2.45, 2.75) is 36.9 Å². The van der Waals surface area contributed by atoms with E-state index in [2.05, 4.69) is 10.3 Å². The van der Waals surface area contributed by atoms with Gasteiger partial charge in [-0.15, -0.1) is 0 Å². The molecule has 2 atom stereocenters. The summed E-state index contributed by atoms with van der Waals surface area (Å²) in [6.45, 7) is 0.116. The lowest BCUT2D eigenvalue weighted by Crippen LogP contribution is -2.58. The first-order valence-electron chi connectivity index (χ1n) is 11.0. The number of morpholine rings is 1. The van der Waals surface area contributed by atoms with Gasteiger partial charge in [-0.2, -0.15) is 18.4 Å². The number of anilines is 1. The number of hydrogen-bond donors (Lipinski definition) is 1. The first-order chi connectivity index (χ1) is 16.1. The number of halogens is 4. The normalized spacial score (nSPS) is 23.5. The van der Waals surface area contributed by atoms with Crippen LogP contribution in [0.25, 0.3) is 10.9 Å². The largest absolute Gasteiger partial charge is 0.416 e. The van der Waals surface area contributed by atoms with Crippen LogP contribution in [0.5, 0.6) is 0 Å². The number of alkyl halides is 4. The Hall–Kier alpha value is -2.97. The van der Waals surface area contributed by atoms with Crippen molar-refractivity contribution in [3.63, 3.8) is 0 Å². The van der Waals surface area contributed by atoms with E-state index in [9.17, 15) is 23.2 Å². The van der Waals surface area contributed by atoms with Gasteiger partial charge in [0, 0.05) is 30.4 Å². The molecular weight excluding hydrogens is 454 g/mol. The van der Waals surface area contributed by atoms with E-state index in [1.807, 2.05) is 18.0 Å². The molecule has 0 radical (unpaired) electrons. The van der Waals surface area contributed by atoms with Gasteiger partial charge in [0.25, 0.3) is 5.91 Å². The summed E-state index contributed by atoms with van der Waals surface area (Å²) in [6, 6.07) is 8.36. The lowest BCUT2D eigenvalue weighted by Gasteiger charge is -2.40. The van der Waals surface area contributed by atoms with Crippen molar-refractivity contribution in [3.05, 3.63) is 36.0 Å². The highest BCUT2D eigenvalue weighted by Crippen LogP contribution is 2.34. The molecule has 0 aliphatic carbocycles. The van der Waals surface area contributed by atoms with Crippen molar-refractivity contribution in [3.8, 4) is 6.07 Å². The number of hydrogen-bond acceptors (Lipinski definition) is 6. The van der Waals surface area contributed by atoms with Gasteiger partial charge in [0.05, 0.1) is 30.7 Å². The van der Waals surface area contributed by atoms with E-state index in [-0.39, 0.29) is 25.9 Å². The number of nitriles is 1. The molecule has 2 unspecified atom stereocenters. The molecule has 2 aliphatic rings. The fourth-order valence-corrected chi connectivity index (χ4v) is 4.36. The summed E-state index contributed by atoms with van der Waals surface area (Å²) in [7, 11) is 1.88. The Morgan fingerprint density at radius 3 is 2.71 bits per heavy atom. The number of nitrogens with zero attached hydrogens (tertiary/aromatic N) is 4. The average Bonchev–Trinajstić information content (AvgIpc) is 2.83. The number of carbonyl (C=O) groups is 1. The number of piperidine rings is 1. The zero-order chi connectivity index (χ0) is 24.5. The molecule has 2 fully saturated rings. The summed E-state index contributed by atoms with van der Waals surface area (Å²) < 4.78 is 61.2. The van der Waals surface area contributed by atoms with Crippen molar-refractivity contribution in [1.29, 1.82) is 5.26 Å². The van der Waals surface area contributed by atoms with Gasteiger partial charge in [-0.3, -0.25) is 9.78 Å². The SMILES string of the molecule is CN1CCC(F)(CNC(=O)C2CN(c3ccc(C#N)c4ncccc34)CC(C(F)(F)F)O2)CC1. The van der Waals surface area contributed by atoms with E-state index < -0.39 is 36.5 Å². The molecule has 3 heterocycles. The molecule has 2 saturated heterocycles. The summed E-state index contributed by atoms with van der Waals surface area (Å²) in [5.74, 6) is -0.786. The first kappa shape index (κ1) is 24.2. The molecule has 1 aromatic heterocycles. The van der Waals surface area contributed by atoms with Crippen LogP contribution in [-0.2, 0) is 9.53 Å². The summed E-state index contributed by atoms with van der Waals surface area (Å²) in [6.07, 6.45) is -6.39. The molecule has 1 aromatic carbocycles. The first-order valence-corrected chi connectivity index (χ1v) is 11.0. The topological polar surface area (TPSA) is 81.5 Å². The van der Waals surface area contributed by atoms with Crippen LogP contribution in [-0.4, -0.2) is 79.6 Å². The maximum atomic E-state index is 15.0. The van der Waals surface area contributed by atoms with Crippen molar-refractivity contribution in [2.75, 3.05) is 44.7 Å². The van der Waals surface area contributed by atoms with Crippen LogP contribution in [0.15, 0.2) is 30.5 Å². The highest BCUT2D eigenvalue weighted by Gasteiger charge is 2.48. The van der Waals surface area contributed by atoms with Gasteiger partial charge in [-0.05, 0) is 44.2 Å². The average molecular weight is 479 g/mol. The highest BCUT2D eigenvalue weighted by atomic mass is 19.4. The lowest BCUT2D eigenvalue weighted by atomic mass is 9.93. The van der Waals surface area contributed by atoms with Crippen molar-refractivity contribution in [1.82, 2.24) is 15.2 Å². The number of ether oxygens (including phenoxy) is 1. The van der Waals surface area contributed by atoms with Crippen molar-refractivity contribution >= 4 is 22.5 Å². The minimum atomic E-state index is -4.70. The second kappa shape index (κ2) is 9.35.